The molecule has 3 heteroatoms. The fraction of sp³-hybridized carbons (Fsp3) is 0.714. The monoisotopic (exact) mass is 255 g/mol. The van der Waals surface area contributed by atoms with Gasteiger partial charge in [-0.15, -0.1) is 11.3 Å². The predicted molar refractivity (Wildman–Crippen MR) is 74.8 cm³/mol. The van der Waals surface area contributed by atoms with Crippen molar-refractivity contribution in [2.45, 2.75) is 66.0 Å². The van der Waals surface area contributed by atoms with E-state index in [1.54, 1.807) is 11.3 Å². The molecule has 1 N–H and O–H groups in total. The van der Waals surface area contributed by atoms with E-state index in [4.69, 9.17) is 0 Å². The Kier molecular flexibility index (Phi) is 4.07. The van der Waals surface area contributed by atoms with Crippen molar-refractivity contribution in [3.63, 3.8) is 0 Å². The number of aryl methyl sites for hydroxylation is 1. The van der Waals surface area contributed by atoms with E-state index >= 15 is 0 Å². The van der Waals surface area contributed by atoms with Crippen molar-refractivity contribution in [1.29, 1.82) is 0 Å². The normalized spacial score (nSPS) is 21.4. The lowest BCUT2D eigenvalue weighted by Crippen LogP contribution is -2.56. The quantitative estimate of drug-likeness (QED) is 0.745. The van der Waals surface area contributed by atoms with E-state index in [0.29, 0.717) is 0 Å². The molecule has 1 aromatic heterocycles. The zero-order valence-corrected chi connectivity index (χ0v) is 12.9. The van der Waals surface area contributed by atoms with Crippen LogP contribution in [0.1, 0.15) is 56.9 Å². The van der Waals surface area contributed by atoms with Crippen molar-refractivity contribution in [2.24, 2.45) is 0 Å². The number of hydrogen-bond donors (Lipinski definition) is 1. The lowest BCUT2D eigenvalue weighted by Gasteiger charge is -2.48. The minimum atomic E-state index is -0.268. The molecule has 0 aromatic carbocycles. The summed E-state index contributed by atoms with van der Waals surface area (Å²) in [6.45, 7) is 14.5. The maximum Gasteiger partial charge on any atom is 0.0753 e. The molecule has 0 saturated heterocycles. The third kappa shape index (κ3) is 2.42. The third-order valence-electron chi connectivity index (χ3n) is 3.21. The number of hydroxylamine groups is 2. The molecule has 1 aromatic rings. The van der Waals surface area contributed by atoms with Crippen LogP contribution in [-0.4, -0.2) is 15.8 Å². The van der Waals surface area contributed by atoms with Crippen LogP contribution in [0.4, 0.5) is 0 Å². The minimum Gasteiger partial charge on any atom is -0.313 e. The van der Waals surface area contributed by atoms with Gasteiger partial charge in [0.1, 0.15) is 0 Å². The van der Waals surface area contributed by atoms with Crippen LogP contribution in [0.25, 0.3) is 0 Å². The molecule has 0 atom stereocenters. The predicted octanol–water partition coefficient (Wildman–Crippen LogP) is 4.34. The molecule has 0 saturated carbocycles. The summed E-state index contributed by atoms with van der Waals surface area (Å²) >= 11 is 1.80. The smallest absolute Gasteiger partial charge is 0.0753 e. The molecule has 2 nitrogen and oxygen atoms in total. The molecule has 0 unspecified atom stereocenters. The number of fused-ring (bicyclic) bond motifs is 1. The summed E-state index contributed by atoms with van der Waals surface area (Å²) in [6, 6.07) is 2.26. The summed E-state index contributed by atoms with van der Waals surface area (Å²) in [5.41, 5.74) is 0.956. The molecule has 17 heavy (non-hydrogen) atoms. The molecule has 0 bridgehead atoms. The van der Waals surface area contributed by atoms with E-state index in [1.165, 1.54) is 20.4 Å². The van der Waals surface area contributed by atoms with Gasteiger partial charge < -0.3 is 5.21 Å². The van der Waals surface area contributed by atoms with Gasteiger partial charge in [0, 0.05) is 15.3 Å². The van der Waals surface area contributed by atoms with E-state index in [0.717, 1.165) is 6.42 Å². The van der Waals surface area contributed by atoms with Gasteiger partial charge in [0.05, 0.1) is 5.54 Å². The largest absolute Gasteiger partial charge is 0.313 e. The summed E-state index contributed by atoms with van der Waals surface area (Å²) in [7, 11) is 0. The SMILES string of the molecule is CC.Cc1cc2c(s1)C(C)(C)N(O)C(C)(C)C2. The molecule has 2 heterocycles. The molecule has 0 aliphatic carbocycles. The average molecular weight is 255 g/mol. The van der Waals surface area contributed by atoms with Crippen molar-refractivity contribution in [3.05, 3.63) is 21.4 Å². The number of hydrogen-bond acceptors (Lipinski definition) is 3. The summed E-state index contributed by atoms with van der Waals surface area (Å²) < 4.78 is 0. The van der Waals surface area contributed by atoms with Crippen LogP contribution < -0.4 is 0 Å². The highest BCUT2D eigenvalue weighted by molar-refractivity contribution is 7.12. The fourth-order valence-corrected chi connectivity index (χ4v) is 3.73. The Morgan fingerprint density at radius 1 is 1.24 bits per heavy atom. The Balaban J connectivity index is 0.000000686. The summed E-state index contributed by atoms with van der Waals surface area (Å²) in [4.78, 5) is 2.64. The number of thiophene rings is 1. The molecule has 0 spiro atoms. The van der Waals surface area contributed by atoms with E-state index in [2.05, 4.69) is 40.7 Å². The second kappa shape index (κ2) is 4.71. The first-order valence-corrected chi connectivity index (χ1v) is 7.16. The Morgan fingerprint density at radius 2 is 1.76 bits per heavy atom. The van der Waals surface area contributed by atoms with Crippen molar-refractivity contribution < 1.29 is 5.21 Å². The van der Waals surface area contributed by atoms with Gasteiger partial charge in [-0.1, -0.05) is 13.8 Å². The Hall–Kier alpha value is -0.380. The molecule has 0 amide bonds. The Labute approximate surface area is 109 Å². The fourth-order valence-electron chi connectivity index (χ4n) is 2.61. The highest BCUT2D eigenvalue weighted by Crippen LogP contribution is 2.44. The maximum atomic E-state index is 10.3. The van der Waals surface area contributed by atoms with Crippen LogP contribution in [0, 0.1) is 6.92 Å². The summed E-state index contributed by atoms with van der Waals surface area (Å²) in [5.74, 6) is 0. The summed E-state index contributed by atoms with van der Waals surface area (Å²) in [5, 5.41) is 11.8. The van der Waals surface area contributed by atoms with Crippen molar-refractivity contribution >= 4 is 11.3 Å². The van der Waals surface area contributed by atoms with E-state index in [1.807, 2.05) is 13.8 Å². The second-order valence-electron chi connectivity index (χ2n) is 5.57. The average Bonchev–Trinajstić information content (AvgIpc) is 2.60. The highest BCUT2D eigenvalue weighted by Gasteiger charge is 2.45. The first kappa shape index (κ1) is 14.7. The standard InChI is InChI=1S/C12H19NOS.C2H6/c1-8-6-9-7-11(2,3)13(14)12(4,5)10(9)15-8;1-2/h6,14H,7H2,1-5H3;1-2H3. The first-order chi connectivity index (χ1) is 7.75. The van der Waals surface area contributed by atoms with E-state index < -0.39 is 0 Å². The van der Waals surface area contributed by atoms with Crippen molar-refractivity contribution in [1.82, 2.24) is 5.06 Å². The topological polar surface area (TPSA) is 23.5 Å². The molecule has 98 valence electrons. The van der Waals surface area contributed by atoms with Gasteiger partial charge in [-0.3, -0.25) is 0 Å². The minimum absolute atomic E-state index is 0.177. The van der Waals surface area contributed by atoms with Crippen LogP contribution in [0.3, 0.4) is 0 Å². The van der Waals surface area contributed by atoms with Gasteiger partial charge in [-0.25, -0.2) is 0 Å². The molecule has 1 aliphatic heterocycles. The van der Waals surface area contributed by atoms with Crippen LogP contribution in [0.2, 0.25) is 0 Å². The molecule has 2 rings (SSSR count). The van der Waals surface area contributed by atoms with Gasteiger partial charge in [-0.05, 0) is 52.7 Å². The molecular formula is C14H25NOS. The van der Waals surface area contributed by atoms with Crippen LogP contribution in [0.5, 0.6) is 0 Å². The zero-order valence-electron chi connectivity index (χ0n) is 12.1. The molecule has 0 fully saturated rings. The van der Waals surface area contributed by atoms with Gasteiger partial charge in [0.25, 0.3) is 0 Å². The first-order valence-electron chi connectivity index (χ1n) is 6.34. The van der Waals surface area contributed by atoms with Gasteiger partial charge in [0.2, 0.25) is 0 Å². The third-order valence-corrected chi connectivity index (χ3v) is 4.62. The molecule has 0 radical (unpaired) electrons. The summed E-state index contributed by atoms with van der Waals surface area (Å²) in [6.07, 6.45) is 0.923. The number of nitrogens with zero attached hydrogens (tertiary/aromatic N) is 1. The van der Waals surface area contributed by atoms with Gasteiger partial charge in [-0.2, -0.15) is 5.06 Å². The van der Waals surface area contributed by atoms with Crippen LogP contribution in [0.15, 0.2) is 6.07 Å². The second-order valence-corrected chi connectivity index (χ2v) is 6.83. The van der Waals surface area contributed by atoms with E-state index in [9.17, 15) is 5.21 Å². The maximum absolute atomic E-state index is 10.3. The number of rotatable bonds is 0. The molecule has 1 aliphatic rings. The zero-order chi connectivity index (χ0) is 13.4. The lowest BCUT2D eigenvalue weighted by atomic mass is 9.82. The molecular weight excluding hydrogens is 230 g/mol. The van der Waals surface area contributed by atoms with Crippen LogP contribution >= 0.6 is 11.3 Å². The lowest BCUT2D eigenvalue weighted by molar-refractivity contribution is -0.232. The van der Waals surface area contributed by atoms with Gasteiger partial charge >= 0.3 is 0 Å². The highest BCUT2D eigenvalue weighted by atomic mass is 32.1. The van der Waals surface area contributed by atoms with Crippen molar-refractivity contribution in [2.75, 3.05) is 0 Å². The van der Waals surface area contributed by atoms with Crippen molar-refractivity contribution in [3.8, 4) is 0 Å². The Bertz CT molecular complexity index is 393. The van der Waals surface area contributed by atoms with Crippen LogP contribution in [-0.2, 0) is 12.0 Å². The van der Waals surface area contributed by atoms with E-state index in [-0.39, 0.29) is 11.1 Å². The van der Waals surface area contributed by atoms with Gasteiger partial charge in [0.15, 0.2) is 0 Å². The Morgan fingerprint density at radius 3 is 2.29 bits per heavy atom.